The Morgan fingerprint density at radius 2 is 2.12 bits per heavy atom. The predicted octanol–water partition coefficient (Wildman–Crippen LogP) is 0.934. The lowest BCUT2D eigenvalue weighted by Crippen LogP contribution is -2.53. The number of carbonyl (C=O) groups excluding carboxylic acids is 1. The van der Waals surface area contributed by atoms with E-state index in [2.05, 4.69) is 42.7 Å². The number of amides is 1. The van der Waals surface area contributed by atoms with Gasteiger partial charge in [-0.3, -0.25) is 4.79 Å². The van der Waals surface area contributed by atoms with Crippen LogP contribution in [0.1, 0.15) is 16.7 Å². The number of aryl methyl sites for hydroxylation is 2. The Morgan fingerprint density at radius 3 is 2.81 bits per heavy atom. The first-order valence-electron chi connectivity index (χ1n) is 5.74. The zero-order valence-corrected chi connectivity index (χ0v) is 9.84. The average Bonchev–Trinajstić information content (AvgIpc) is 2.25. The highest BCUT2D eigenvalue weighted by atomic mass is 16.2. The maximum absolute atomic E-state index is 11.6. The van der Waals surface area contributed by atoms with Crippen molar-refractivity contribution < 1.29 is 4.79 Å². The Balaban J connectivity index is 2.10. The molecule has 3 heteroatoms. The van der Waals surface area contributed by atoms with Gasteiger partial charge in [0, 0.05) is 13.1 Å². The van der Waals surface area contributed by atoms with Crippen molar-refractivity contribution in [1.82, 2.24) is 10.6 Å². The molecule has 3 nitrogen and oxygen atoms in total. The Labute approximate surface area is 96.2 Å². The number of nitrogens with one attached hydrogen (secondary N) is 2. The van der Waals surface area contributed by atoms with Crippen LogP contribution in [0.15, 0.2) is 18.2 Å². The summed E-state index contributed by atoms with van der Waals surface area (Å²) in [7, 11) is 0. The van der Waals surface area contributed by atoms with E-state index in [0.717, 1.165) is 19.5 Å². The van der Waals surface area contributed by atoms with Gasteiger partial charge in [0.25, 0.3) is 0 Å². The second-order valence-corrected chi connectivity index (χ2v) is 4.43. The number of benzene rings is 1. The van der Waals surface area contributed by atoms with Crippen LogP contribution in [0.2, 0.25) is 0 Å². The largest absolute Gasteiger partial charge is 0.353 e. The summed E-state index contributed by atoms with van der Waals surface area (Å²) in [6, 6.07) is 6.31. The molecule has 1 heterocycles. The van der Waals surface area contributed by atoms with Crippen molar-refractivity contribution in [3.8, 4) is 0 Å². The van der Waals surface area contributed by atoms with Crippen LogP contribution in [0, 0.1) is 13.8 Å². The van der Waals surface area contributed by atoms with Crippen LogP contribution in [0.25, 0.3) is 0 Å². The molecular formula is C13H18N2O. The lowest BCUT2D eigenvalue weighted by Gasteiger charge is -2.24. The van der Waals surface area contributed by atoms with Crippen molar-refractivity contribution in [2.75, 3.05) is 13.1 Å². The van der Waals surface area contributed by atoms with E-state index in [0.29, 0.717) is 0 Å². The van der Waals surface area contributed by atoms with E-state index < -0.39 is 0 Å². The molecule has 0 spiro atoms. The van der Waals surface area contributed by atoms with Gasteiger partial charge in [-0.05, 0) is 31.4 Å². The third-order valence-corrected chi connectivity index (χ3v) is 3.05. The van der Waals surface area contributed by atoms with Gasteiger partial charge in [0.05, 0.1) is 6.04 Å². The lowest BCUT2D eigenvalue weighted by molar-refractivity contribution is -0.124. The van der Waals surface area contributed by atoms with E-state index in [1.165, 1.54) is 16.7 Å². The normalized spacial score (nSPS) is 20.6. The molecule has 1 atom stereocenters. The van der Waals surface area contributed by atoms with Crippen molar-refractivity contribution in [1.29, 1.82) is 0 Å². The van der Waals surface area contributed by atoms with Crippen molar-refractivity contribution in [3.05, 3.63) is 34.9 Å². The Bertz CT molecular complexity index is 401. The number of hydrogen-bond acceptors (Lipinski definition) is 2. The Kier molecular flexibility index (Phi) is 3.25. The van der Waals surface area contributed by atoms with Crippen LogP contribution in [-0.2, 0) is 11.2 Å². The summed E-state index contributed by atoms with van der Waals surface area (Å²) in [4.78, 5) is 11.6. The van der Waals surface area contributed by atoms with Gasteiger partial charge in [-0.1, -0.05) is 23.8 Å². The molecule has 1 fully saturated rings. The SMILES string of the molecule is Cc1ccc(CC2NCCNC2=O)c(C)c1. The molecule has 1 unspecified atom stereocenters. The third kappa shape index (κ3) is 2.42. The quantitative estimate of drug-likeness (QED) is 0.775. The minimum absolute atomic E-state index is 0.0739. The number of piperazine rings is 1. The molecule has 1 aliphatic heterocycles. The number of hydrogen-bond donors (Lipinski definition) is 2. The fraction of sp³-hybridized carbons (Fsp3) is 0.462. The van der Waals surface area contributed by atoms with Gasteiger partial charge in [-0.15, -0.1) is 0 Å². The second-order valence-electron chi connectivity index (χ2n) is 4.43. The van der Waals surface area contributed by atoms with E-state index in [9.17, 15) is 4.79 Å². The highest BCUT2D eigenvalue weighted by molar-refractivity contribution is 5.82. The molecule has 2 rings (SSSR count). The summed E-state index contributed by atoms with van der Waals surface area (Å²) < 4.78 is 0. The molecule has 0 bridgehead atoms. The summed E-state index contributed by atoms with van der Waals surface area (Å²) in [5.74, 6) is 0.117. The summed E-state index contributed by atoms with van der Waals surface area (Å²) in [5.41, 5.74) is 3.78. The maximum atomic E-state index is 11.6. The molecule has 86 valence electrons. The van der Waals surface area contributed by atoms with Crippen LogP contribution in [-0.4, -0.2) is 25.0 Å². The zero-order valence-electron chi connectivity index (χ0n) is 9.84. The van der Waals surface area contributed by atoms with Crippen molar-refractivity contribution in [2.24, 2.45) is 0 Å². The molecule has 2 N–H and O–H groups in total. The van der Waals surface area contributed by atoms with Crippen LogP contribution >= 0.6 is 0 Å². The van der Waals surface area contributed by atoms with Crippen LogP contribution in [0.4, 0.5) is 0 Å². The minimum Gasteiger partial charge on any atom is -0.353 e. The fourth-order valence-corrected chi connectivity index (χ4v) is 2.11. The molecule has 0 aliphatic carbocycles. The highest BCUT2D eigenvalue weighted by Crippen LogP contribution is 2.13. The molecular weight excluding hydrogens is 200 g/mol. The van der Waals surface area contributed by atoms with Crippen LogP contribution in [0.5, 0.6) is 0 Å². The predicted molar refractivity (Wildman–Crippen MR) is 64.4 cm³/mol. The first kappa shape index (κ1) is 11.1. The molecule has 1 saturated heterocycles. The molecule has 1 aromatic rings. The van der Waals surface area contributed by atoms with E-state index in [1.54, 1.807) is 0 Å². The first-order chi connectivity index (χ1) is 7.66. The van der Waals surface area contributed by atoms with Gasteiger partial charge in [-0.2, -0.15) is 0 Å². The summed E-state index contributed by atoms with van der Waals surface area (Å²) in [6.07, 6.45) is 0.776. The monoisotopic (exact) mass is 218 g/mol. The molecule has 1 amide bonds. The summed E-state index contributed by atoms with van der Waals surface area (Å²) in [5, 5.41) is 6.13. The molecule has 1 aliphatic rings. The average molecular weight is 218 g/mol. The van der Waals surface area contributed by atoms with Gasteiger partial charge in [0.2, 0.25) is 5.91 Å². The van der Waals surface area contributed by atoms with Gasteiger partial charge < -0.3 is 10.6 Å². The zero-order chi connectivity index (χ0) is 11.5. The van der Waals surface area contributed by atoms with Gasteiger partial charge in [0.15, 0.2) is 0 Å². The van der Waals surface area contributed by atoms with Crippen LogP contribution in [0.3, 0.4) is 0 Å². The second kappa shape index (κ2) is 4.66. The smallest absolute Gasteiger partial charge is 0.237 e. The van der Waals surface area contributed by atoms with Crippen molar-refractivity contribution in [3.63, 3.8) is 0 Å². The number of rotatable bonds is 2. The fourth-order valence-electron chi connectivity index (χ4n) is 2.11. The Morgan fingerprint density at radius 1 is 1.31 bits per heavy atom. The Hall–Kier alpha value is -1.35. The van der Waals surface area contributed by atoms with Crippen LogP contribution < -0.4 is 10.6 Å². The van der Waals surface area contributed by atoms with E-state index in [1.807, 2.05) is 0 Å². The highest BCUT2D eigenvalue weighted by Gasteiger charge is 2.21. The minimum atomic E-state index is -0.0739. The lowest BCUT2D eigenvalue weighted by atomic mass is 9.98. The summed E-state index contributed by atoms with van der Waals surface area (Å²) in [6.45, 7) is 5.79. The van der Waals surface area contributed by atoms with Gasteiger partial charge in [-0.25, -0.2) is 0 Å². The molecule has 0 saturated carbocycles. The summed E-state index contributed by atoms with van der Waals surface area (Å²) >= 11 is 0. The topological polar surface area (TPSA) is 41.1 Å². The van der Waals surface area contributed by atoms with Gasteiger partial charge >= 0.3 is 0 Å². The first-order valence-corrected chi connectivity index (χ1v) is 5.74. The van der Waals surface area contributed by atoms with E-state index >= 15 is 0 Å². The molecule has 0 aromatic heterocycles. The standard InChI is InChI=1S/C13H18N2O/c1-9-3-4-11(10(2)7-9)8-12-13(16)15-6-5-14-12/h3-4,7,12,14H,5-6,8H2,1-2H3,(H,15,16). The van der Waals surface area contributed by atoms with Crippen molar-refractivity contribution in [2.45, 2.75) is 26.3 Å². The molecule has 1 aromatic carbocycles. The van der Waals surface area contributed by atoms with E-state index in [4.69, 9.17) is 0 Å². The maximum Gasteiger partial charge on any atom is 0.237 e. The van der Waals surface area contributed by atoms with Crippen molar-refractivity contribution >= 4 is 5.91 Å². The van der Waals surface area contributed by atoms with Gasteiger partial charge in [0.1, 0.15) is 0 Å². The van der Waals surface area contributed by atoms with E-state index in [-0.39, 0.29) is 11.9 Å². The molecule has 0 radical (unpaired) electrons. The number of carbonyl (C=O) groups is 1. The molecule has 16 heavy (non-hydrogen) atoms. The third-order valence-electron chi connectivity index (χ3n) is 3.05.